The summed E-state index contributed by atoms with van der Waals surface area (Å²) in [6, 6.07) is 9.99. The Bertz CT molecular complexity index is 867. The van der Waals surface area contributed by atoms with Gasteiger partial charge in [0, 0.05) is 16.7 Å². The summed E-state index contributed by atoms with van der Waals surface area (Å²) in [6.45, 7) is 0. The maximum Gasteiger partial charge on any atom is 0.295 e. The summed E-state index contributed by atoms with van der Waals surface area (Å²) < 4.78 is 31.9. The van der Waals surface area contributed by atoms with E-state index in [1.807, 2.05) is 0 Å². The summed E-state index contributed by atoms with van der Waals surface area (Å²) in [5, 5.41) is 0. The van der Waals surface area contributed by atoms with Crippen molar-refractivity contribution >= 4 is 21.7 Å². The number of carbonyl (C=O) groups is 2. The molecule has 0 saturated carbocycles. The lowest BCUT2D eigenvalue weighted by Gasteiger charge is -2.18. The van der Waals surface area contributed by atoms with Gasteiger partial charge in [-0.2, -0.15) is 8.42 Å². The summed E-state index contributed by atoms with van der Waals surface area (Å²) in [6.07, 6.45) is 0. The Morgan fingerprint density at radius 1 is 0.762 bits per heavy atom. The SMILES string of the molecule is O.O=C1c2ccccc2C(=O)c2c1cccc2S(=O)(=O)O. The molecule has 0 aromatic heterocycles. The Balaban J connectivity index is 0.00000161. The van der Waals surface area contributed by atoms with Gasteiger partial charge in [0.2, 0.25) is 0 Å². The molecule has 2 aromatic rings. The summed E-state index contributed by atoms with van der Waals surface area (Å²) >= 11 is 0. The first kappa shape index (κ1) is 15.0. The molecule has 21 heavy (non-hydrogen) atoms. The molecule has 0 fully saturated rings. The predicted molar refractivity (Wildman–Crippen MR) is 73.2 cm³/mol. The number of benzene rings is 2. The van der Waals surface area contributed by atoms with Gasteiger partial charge in [0.15, 0.2) is 11.6 Å². The van der Waals surface area contributed by atoms with Crippen LogP contribution in [0.25, 0.3) is 0 Å². The van der Waals surface area contributed by atoms with Crippen LogP contribution in [-0.2, 0) is 10.1 Å². The van der Waals surface area contributed by atoms with Gasteiger partial charge < -0.3 is 5.48 Å². The third kappa shape index (κ3) is 2.17. The zero-order valence-corrected chi connectivity index (χ0v) is 11.3. The molecule has 0 bridgehead atoms. The lowest BCUT2D eigenvalue weighted by atomic mass is 9.84. The minimum absolute atomic E-state index is 0. The molecule has 0 aliphatic heterocycles. The van der Waals surface area contributed by atoms with Crippen molar-refractivity contribution in [3.63, 3.8) is 0 Å². The van der Waals surface area contributed by atoms with Crippen LogP contribution in [0.5, 0.6) is 0 Å². The summed E-state index contributed by atoms with van der Waals surface area (Å²) in [5.74, 6) is -1.01. The molecular weight excluding hydrogens is 296 g/mol. The molecule has 0 unspecified atom stereocenters. The smallest absolute Gasteiger partial charge is 0.295 e. The molecule has 7 heteroatoms. The Morgan fingerprint density at radius 2 is 1.29 bits per heavy atom. The van der Waals surface area contributed by atoms with Crippen molar-refractivity contribution in [1.82, 2.24) is 0 Å². The van der Waals surface area contributed by atoms with Crippen LogP contribution in [0.3, 0.4) is 0 Å². The molecule has 0 radical (unpaired) electrons. The van der Waals surface area contributed by atoms with E-state index in [9.17, 15) is 22.6 Å². The average Bonchev–Trinajstić information content (AvgIpc) is 2.43. The third-order valence-corrected chi connectivity index (χ3v) is 4.09. The average molecular weight is 306 g/mol. The Labute approximate surface area is 120 Å². The highest BCUT2D eigenvalue weighted by Gasteiger charge is 2.33. The first-order valence-electron chi connectivity index (χ1n) is 5.70. The van der Waals surface area contributed by atoms with Crippen molar-refractivity contribution in [3.05, 3.63) is 64.7 Å². The lowest BCUT2D eigenvalue weighted by Crippen LogP contribution is -2.23. The fourth-order valence-corrected chi connectivity index (χ4v) is 3.04. The summed E-state index contributed by atoms with van der Waals surface area (Å²) in [5.41, 5.74) is 0.0983. The number of carbonyl (C=O) groups excluding carboxylic acids is 2. The zero-order chi connectivity index (χ0) is 14.5. The molecule has 2 aromatic carbocycles. The molecular formula is C14H10O6S. The van der Waals surface area contributed by atoms with E-state index in [1.54, 1.807) is 12.1 Å². The van der Waals surface area contributed by atoms with Crippen LogP contribution in [0.4, 0.5) is 0 Å². The predicted octanol–water partition coefficient (Wildman–Crippen LogP) is 0.884. The molecule has 3 N–H and O–H groups in total. The highest BCUT2D eigenvalue weighted by atomic mass is 32.2. The number of fused-ring (bicyclic) bond motifs is 2. The first-order valence-corrected chi connectivity index (χ1v) is 7.14. The minimum Gasteiger partial charge on any atom is -0.412 e. The third-order valence-electron chi connectivity index (χ3n) is 3.19. The van der Waals surface area contributed by atoms with Crippen molar-refractivity contribution in [3.8, 4) is 0 Å². The Kier molecular flexibility index (Phi) is 3.50. The molecule has 1 aliphatic rings. The molecule has 6 nitrogen and oxygen atoms in total. The van der Waals surface area contributed by atoms with Crippen molar-refractivity contribution in [2.75, 3.05) is 0 Å². The van der Waals surface area contributed by atoms with Crippen LogP contribution in [0.15, 0.2) is 47.4 Å². The van der Waals surface area contributed by atoms with Gasteiger partial charge in [0.25, 0.3) is 10.1 Å². The number of hydrogen-bond acceptors (Lipinski definition) is 4. The minimum atomic E-state index is -4.58. The van der Waals surface area contributed by atoms with E-state index in [0.717, 1.165) is 6.07 Å². The van der Waals surface area contributed by atoms with Gasteiger partial charge >= 0.3 is 0 Å². The van der Waals surface area contributed by atoms with Gasteiger partial charge in [-0.25, -0.2) is 0 Å². The lowest BCUT2D eigenvalue weighted by molar-refractivity contribution is 0.0976. The van der Waals surface area contributed by atoms with Crippen molar-refractivity contribution in [2.24, 2.45) is 0 Å². The van der Waals surface area contributed by atoms with Crippen LogP contribution < -0.4 is 0 Å². The van der Waals surface area contributed by atoms with Crippen LogP contribution >= 0.6 is 0 Å². The molecule has 0 spiro atoms. The first-order chi connectivity index (χ1) is 9.41. The maximum absolute atomic E-state index is 12.4. The van der Waals surface area contributed by atoms with E-state index in [0.29, 0.717) is 0 Å². The van der Waals surface area contributed by atoms with Crippen LogP contribution in [0, 0.1) is 0 Å². The standard InChI is InChI=1S/C14H8O5S.H2O/c15-13-8-4-1-2-5-9(8)14(16)12-10(13)6-3-7-11(12)20(17,18)19;/h1-7H,(H,17,18,19);1H2. The largest absolute Gasteiger partial charge is 0.412 e. The van der Waals surface area contributed by atoms with Crippen LogP contribution in [-0.4, -0.2) is 30.0 Å². The second-order valence-electron chi connectivity index (χ2n) is 4.36. The Hall–Kier alpha value is -2.35. The topological polar surface area (TPSA) is 120 Å². The number of ketones is 2. The second kappa shape index (κ2) is 4.88. The van der Waals surface area contributed by atoms with Gasteiger partial charge in [0.1, 0.15) is 4.90 Å². The maximum atomic E-state index is 12.4. The number of hydrogen-bond donors (Lipinski definition) is 1. The molecule has 0 atom stereocenters. The molecule has 108 valence electrons. The molecule has 1 aliphatic carbocycles. The molecule has 3 rings (SSSR count). The monoisotopic (exact) mass is 306 g/mol. The van der Waals surface area contributed by atoms with Crippen LogP contribution in [0.2, 0.25) is 0 Å². The fourth-order valence-electron chi connectivity index (χ4n) is 2.33. The Morgan fingerprint density at radius 3 is 1.86 bits per heavy atom. The number of rotatable bonds is 1. The quantitative estimate of drug-likeness (QED) is 0.669. The summed E-state index contributed by atoms with van der Waals surface area (Å²) in [4.78, 5) is 24.2. The van der Waals surface area contributed by atoms with E-state index in [4.69, 9.17) is 0 Å². The second-order valence-corrected chi connectivity index (χ2v) is 5.75. The van der Waals surface area contributed by atoms with Gasteiger partial charge in [-0.3, -0.25) is 14.1 Å². The van der Waals surface area contributed by atoms with E-state index >= 15 is 0 Å². The fraction of sp³-hybridized carbons (Fsp3) is 0. The highest BCUT2D eigenvalue weighted by Crippen LogP contribution is 2.31. The molecule has 0 saturated heterocycles. The van der Waals surface area contributed by atoms with E-state index < -0.39 is 26.6 Å². The van der Waals surface area contributed by atoms with E-state index in [2.05, 4.69) is 0 Å². The van der Waals surface area contributed by atoms with Gasteiger partial charge in [-0.15, -0.1) is 0 Å². The van der Waals surface area contributed by atoms with Crippen molar-refractivity contribution in [2.45, 2.75) is 4.90 Å². The van der Waals surface area contributed by atoms with Gasteiger partial charge in [-0.1, -0.05) is 36.4 Å². The van der Waals surface area contributed by atoms with Gasteiger partial charge in [0.05, 0.1) is 5.56 Å². The highest BCUT2D eigenvalue weighted by molar-refractivity contribution is 7.86. The van der Waals surface area contributed by atoms with Crippen LogP contribution in [0.1, 0.15) is 31.8 Å². The van der Waals surface area contributed by atoms with E-state index in [1.165, 1.54) is 24.3 Å². The molecule has 0 heterocycles. The van der Waals surface area contributed by atoms with Crippen molar-refractivity contribution < 1.29 is 28.0 Å². The molecule has 0 amide bonds. The van der Waals surface area contributed by atoms with Crippen molar-refractivity contribution in [1.29, 1.82) is 0 Å². The van der Waals surface area contributed by atoms with E-state index in [-0.39, 0.29) is 27.7 Å². The zero-order valence-electron chi connectivity index (χ0n) is 10.5. The summed E-state index contributed by atoms with van der Waals surface area (Å²) in [7, 11) is -4.58. The normalized spacial score (nSPS) is 13.2. The van der Waals surface area contributed by atoms with Gasteiger partial charge in [-0.05, 0) is 6.07 Å².